The lowest BCUT2D eigenvalue weighted by Crippen LogP contribution is -2.22. The molecule has 0 saturated heterocycles. The van der Waals surface area contributed by atoms with Crippen molar-refractivity contribution in [2.24, 2.45) is 10.7 Å². The molecule has 0 fully saturated rings. The van der Waals surface area contributed by atoms with Crippen molar-refractivity contribution in [1.29, 1.82) is 5.41 Å². The zero-order chi connectivity index (χ0) is 21.3. The lowest BCUT2D eigenvalue weighted by Gasteiger charge is -2.25. The second-order valence-electron chi connectivity index (χ2n) is 6.44. The van der Waals surface area contributed by atoms with Crippen molar-refractivity contribution in [2.45, 2.75) is 9.75 Å². The summed E-state index contributed by atoms with van der Waals surface area (Å²) < 4.78 is 12.2. The number of nitrogens with zero attached hydrogens (tertiary/aromatic N) is 2. The van der Waals surface area contributed by atoms with Gasteiger partial charge in [0.2, 0.25) is 0 Å². The first-order valence-electron chi connectivity index (χ1n) is 8.96. The van der Waals surface area contributed by atoms with Gasteiger partial charge in [-0.15, -0.1) is 34.4 Å². The molecule has 3 aromatic rings. The molecular formula is C21H20N4O2S3. The molecule has 3 N–H and O–H groups in total. The van der Waals surface area contributed by atoms with Gasteiger partial charge in [0.1, 0.15) is 22.3 Å². The number of amidine groups is 1. The molecule has 2 aromatic heterocycles. The molecule has 0 amide bonds. The minimum Gasteiger partial charge on any atom is -0.497 e. The Balaban J connectivity index is 1.85. The number of thiophene rings is 1. The number of thioether (sulfide) groups is 1. The second kappa shape index (κ2) is 8.25. The number of allylic oxidation sites excluding steroid dienone is 1. The third-order valence-electron chi connectivity index (χ3n) is 4.77. The molecule has 1 aliphatic rings. The first-order valence-corrected chi connectivity index (χ1v) is 11.9. The van der Waals surface area contributed by atoms with E-state index in [9.17, 15) is 0 Å². The molecule has 0 spiro atoms. The van der Waals surface area contributed by atoms with Crippen LogP contribution in [-0.4, -0.2) is 37.5 Å². The van der Waals surface area contributed by atoms with Gasteiger partial charge < -0.3 is 15.2 Å². The van der Waals surface area contributed by atoms with E-state index in [2.05, 4.69) is 0 Å². The second-order valence-corrected chi connectivity index (χ2v) is 9.42. The zero-order valence-electron chi connectivity index (χ0n) is 16.6. The van der Waals surface area contributed by atoms with E-state index in [1.54, 1.807) is 43.5 Å². The van der Waals surface area contributed by atoms with Crippen LogP contribution in [0.1, 0.15) is 15.4 Å². The zero-order valence-corrected chi connectivity index (χ0v) is 19.1. The number of thiazole rings is 1. The summed E-state index contributed by atoms with van der Waals surface area (Å²) >= 11 is 4.68. The number of hydrogen-bond donors (Lipinski definition) is 2. The number of methoxy groups -OCH3 is 2. The first kappa shape index (κ1) is 20.6. The van der Waals surface area contributed by atoms with Gasteiger partial charge in [0.05, 0.1) is 29.0 Å². The van der Waals surface area contributed by atoms with Crippen LogP contribution in [0.2, 0.25) is 0 Å². The molecule has 3 heterocycles. The minimum atomic E-state index is -0.776. The summed E-state index contributed by atoms with van der Waals surface area (Å²) in [5.74, 6) is 1.51. The maximum absolute atomic E-state index is 7.76. The van der Waals surface area contributed by atoms with Crippen LogP contribution in [-0.2, 0) is 5.54 Å². The summed E-state index contributed by atoms with van der Waals surface area (Å²) in [7, 11) is 3.29. The molecule has 6 nitrogen and oxygen atoms in total. The molecule has 9 heteroatoms. The number of nitrogens with two attached hydrogens (primary N) is 1. The fourth-order valence-electron chi connectivity index (χ4n) is 3.31. The highest BCUT2D eigenvalue weighted by Crippen LogP contribution is 2.46. The normalized spacial score (nSPS) is 17.4. The summed E-state index contributed by atoms with van der Waals surface area (Å²) in [4.78, 5) is 10.5. The van der Waals surface area contributed by atoms with Gasteiger partial charge in [0.25, 0.3) is 0 Å². The van der Waals surface area contributed by atoms with Crippen LogP contribution in [0.4, 0.5) is 0 Å². The maximum atomic E-state index is 7.76. The average Bonchev–Trinajstić information content (AvgIpc) is 3.51. The number of aliphatic imine (C=N–C) groups is 1. The predicted molar refractivity (Wildman–Crippen MR) is 126 cm³/mol. The van der Waals surface area contributed by atoms with Gasteiger partial charge in [0.15, 0.2) is 5.54 Å². The molecule has 1 aromatic carbocycles. The highest BCUT2D eigenvalue weighted by Gasteiger charge is 2.39. The Kier molecular flexibility index (Phi) is 5.68. The van der Waals surface area contributed by atoms with Crippen molar-refractivity contribution < 1.29 is 9.47 Å². The van der Waals surface area contributed by atoms with Crippen LogP contribution in [0.15, 0.2) is 51.0 Å². The van der Waals surface area contributed by atoms with E-state index in [1.807, 2.05) is 48.1 Å². The highest BCUT2D eigenvalue weighted by molar-refractivity contribution is 8.00. The number of hydrogen-bond acceptors (Lipinski definition) is 8. The van der Waals surface area contributed by atoms with Crippen LogP contribution in [0.3, 0.4) is 0 Å². The quantitative estimate of drug-likeness (QED) is 0.303. The van der Waals surface area contributed by atoms with Crippen LogP contribution < -0.4 is 15.2 Å². The topological polar surface area (TPSA) is 93.6 Å². The monoisotopic (exact) mass is 456 g/mol. The van der Waals surface area contributed by atoms with Crippen molar-refractivity contribution in [3.05, 3.63) is 57.2 Å². The number of benzene rings is 1. The largest absolute Gasteiger partial charge is 0.497 e. The lowest BCUT2D eigenvalue weighted by molar-refractivity contribution is 0.393. The summed E-state index contributed by atoms with van der Waals surface area (Å²) in [6, 6.07) is 7.63. The fraction of sp³-hybridized carbons (Fsp3) is 0.190. The summed E-state index contributed by atoms with van der Waals surface area (Å²) in [6.07, 6.45) is 7.74. The van der Waals surface area contributed by atoms with Crippen molar-refractivity contribution in [1.82, 2.24) is 4.98 Å². The van der Waals surface area contributed by atoms with E-state index >= 15 is 0 Å². The van der Waals surface area contributed by atoms with Gasteiger partial charge in [-0.25, -0.2) is 4.98 Å². The first-order chi connectivity index (χ1) is 14.5. The van der Waals surface area contributed by atoms with Gasteiger partial charge in [-0.1, -0.05) is 0 Å². The average molecular weight is 457 g/mol. The molecular weight excluding hydrogens is 436 g/mol. The summed E-state index contributed by atoms with van der Waals surface area (Å²) in [6.45, 7) is 0. The molecule has 0 radical (unpaired) electrons. The Hall–Kier alpha value is -2.62. The third-order valence-corrected chi connectivity index (χ3v) is 8.04. The van der Waals surface area contributed by atoms with Gasteiger partial charge in [-0.05, 0) is 42.7 Å². The molecule has 1 atom stereocenters. The molecule has 0 bridgehead atoms. The molecule has 4 rings (SSSR count). The molecule has 154 valence electrons. The van der Waals surface area contributed by atoms with E-state index in [0.29, 0.717) is 0 Å². The Labute approximate surface area is 187 Å². The van der Waals surface area contributed by atoms with Gasteiger partial charge in [-0.3, -0.25) is 10.4 Å². The molecule has 1 unspecified atom stereocenters. The Morgan fingerprint density at radius 2 is 2.07 bits per heavy atom. The van der Waals surface area contributed by atoms with Crippen LogP contribution in [0.5, 0.6) is 11.5 Å². The number of nitrogens with one attached hydrogen (secondary N) is 1. The SMILES string of the molecule is COc1ccc(OC)c(C2(c3nc(-c4cc(C(=N)N)sc4SC)cs3)C=CC=N2)c1. The Bertz CT molecular complexity index is 1150. The van der Waals surface area contributed by atoms with Crippen molar-refractivity contribution in [3.8, 4) is 22.8 Å². The standard InChI is InChI=1S/C21H20N4O2S3/c1-26-12-5-6-16(27-2)14(9-12)21(7-4-8-24-21)20-25-15(11-29-20)13-10-17(18(22)23)30-19(13)28-3/h4-11H,1-3H3,(H3,22,23). The Morgan fingerprint density at radius 1 is 1.23 bits per heavy atom. The predicted octanol–water partition coefficient (Wildman–Crippen LogP) is 4.78. The van der Waals surface area contributed by atoms with E-state index in [-0.39, 0.29) is 5.84 Å². The number of nitrogen functional groups attached to an aromatic ring is 1. The van der Waals surface area contributed by atoms with Crippen LogP contribution in [0.25, 0.3) is 11.3 Å². The molecule has 1 aliphatic heterocycles. The molecule has 0 aliphatic carbocycles. The summed E-state index contributed by atoms with van der Waals surface area (Å²) in [5, 5.41) is 10.6. The smallest absolute Gasteiger partial charge is 0.159 e. The van der Waals surface area contributed by atoms with E-state index in [1.165, 1.54) is 11.3 Å². The lowest BCUT2D eigenvalue weighted by atomic mass is 9.90. The number of rotatable bonds is 7. The van der Waals surface area contributed by atoms with Gasteiger partial charge >= 0.3 is 0 Å². The Morgan fingerprint density at radius 3 is 2.70 bits per heavy atom. The van der Waals surface area contributed by atoms with Crippen LogP contribution >= 0.6 is 34.4 Å². The van der Waals surface area contributed by atoms with Crippen LogP contribution in [0, 0.1) is 5.41 Å². The highest BCUT2D eigenvalue weighted by atomic mass is 32.2. The van der Waals surface area contributed by atoms with E-state index in [4.69, 9.17) is 30.6 Å². The molecule has 30 heavy (non-hydrogen) atoms. The third kappa shape index (κ3) is 3.42. The summed E-state index contributed by atoms with van der Waals surface area (Å²) in [5.41, 5.74) is 7.63. The number of ether oxygens (including phenoxy) is 2. The number of aromatic nitrogens is 1. The van der Waals surface area contributed by atoms with E-state index in [0.717, 1.165) is 42.4 Å². The van der Waals surface area contributed by atoms with Crippen molar-refractivity contribution in [3.63, 3.8) is 0 Å². The van der Waals surface area contributed by atoms with Gasteiger partial charge in [0, 0.05) is 22.7 Å². The minimum absolute atomic E-state index is 0.0675. The van der Waals surface area contributed by atoms with E-state index < -0.39 is 5.54 Å². The molecule has 0 saturated carbocycles. The maximum Gasteiger partial charge on any atom is 0.159 e. The van der Waals surface area contributed by atoms with Crippen molar-refractivity contribution in [2.75, 3.05) is 20.5 Å². The fourth-order valence-corrected chi connectivity index (χ4v) is 6.02. The van der Waals surface area contributed by atoms with Gasteiger partial charge in [-0.2, -0.15) is 0 Å². The van der Waals surface area contributed by atoms with Crippen molar-refractivity contribution >= 4 is 46.5 Å².